The number of aromatic nitrogens is 1. The molecule has 5 nitrogen and oxygen atoms in total. The monoisotopic (exact) mass is 374 g/mol. The van der Waals surface area contributed by atoms with E-state index in [4.69, 9.17) is 16.3 Å². The number of hydrogen-bond acceptors (Lipinski definition) is 4. The van der Waals surface area contributed by atoms with Gasteiger partial charge in [-0.2, -0.15) is 0 Å². The van der Waals surface area contributed by atoms with Crippen molar-refractivity contribution in [3.8, 4) is 11.5 Å². The van der Waals surface area contributed by atoms with Gasteiger partial charge in [0.1, 0.15) is 11.5 Å². The van der Waals surface area contributed by atoms with Gasteiger partial charge in [-0.1, -0.05) is 11.6 Å². The highest BCUT2D eigenvalue weighted by Crippen LogP contribution is 2.26. The van der Waals surface area contributed by atoms with Gasteiger partial charge in [0.2, 0.25) is 0 Å². The zero-order chi connectivity index (χ0) is 17.6. The Morgan fingerprint density at radius 3 is 2.60 bits per heavy atom. The first kappa shape index (κ1) is 17.4. The zero-order valence-electron chi connectivity index (χ0n) is 13.1. The lowest BCUT2D eigenvalue weighted by Gasteiger charge is -2.12. The summed E-state index contributed by atoms with van der Waals surface area (Å²) in [6.07, 6.45) is 3.26. The van der Waals surface area contributed by atoms with E-state index in [-0.39, 0.29) is 0 Å². The molecule has 0 saturated heterocycles. The molecular weight excluding hydrogens is 360 g/mol. The number of anilines is 1. The van der Waals surface area contributed by atoms with Crippen LogP contribution in [0.3, 0.4) is 0 Å². The minimum Gasteiger partial charge on any atom is -0.456 e. The Kier molecular flexibility index (Phi) is 5.65. The fraction of sp³-hybridized carbons (Fsp3) is 0.0556. The summed E-state index contributed by atoms with van der Waals surface area (Å²) in [6.45, 7) is 0.369. The number of rotatable bonds is 6. The van der Waals surface area contributed by atoms with Crippen molar-refractivity contribution >= 4 is 28.4 Å². The maximum Gasteiger partial charge on any atom is 0.186 e. The van der Waals surface area contributed by atoms with E-state index in [2.05, 4.69) is 10.3 Å². The fourth-order valence-corrected chi connectivity index (χ4v) is 2.90. The van der Waals surface area contributed by atoms with E-state index < -0.39 is 11.1 Å². The number of pyridine rings is 1. The van der Waals surface area contributed by atoms with Crippen LogP contribution in [-0.2, 0) is 17.6 Å². The van der Waals surface area contributed by atoms with Crippen molar-refractivity contribution in [2.75, 3.05) is 5.32 Å². The van der Waals surface area contributed by atoms with Gasteiger partial charge in [-0.3, -0.25) is 4.98 Å². The van der Waals surface area contributed by atoms with Gasteiger partial charge in [0.15, 0.2) is 11.1 Å². The summed E-state index contributed by atoms with van der Waals surface area (Å²) in [5.41, 5.74) is 1.52. The van der Waals surface area contributed by atoms with E-state index in [0.29, 0.717) is 33.5 Å². The Balaban J connectivity index is 1.80. The summed E-state index contributed by atoms with van der Waals surface area (Å²) in [7, 11) is 0. The smallest absolute Gasteiger partial charge is 0.186 e. The van der Waals surface area contributed by atoms with E-state index in [0.717, 1.165) is 5.69 Å². The molecule has 0 aliphatic rings. The molecule has 25 heavy (non-hydrogen) atoms. The van der Waals surface area contributed by atoms with E-state index in [9.17, 15) is 8.76 Å². The Bertz CT molecular complexity index is 873. The average molecular weight is 375 g/mol. The van der Waals surface area contributed by atoms with Gasteiger partial charge in [0.05, 0.1) is 11.1 Å². The summed E-state index contributed by atoms with van der Waals surface area (Å²) in [6, 6.07) is 15.8. The van der Waals surface area contributed by atoms with Gasteiger partial charge in [0, 0.05) is 23.5 Å². The maximum absolute atomic E-state index is 11.6. The average Bonchev–Trinajstić information content (AvgIpc) is 2.62. The molecule has 0 amide bonds. The molecule has 1 aromatic heterocycles. The van der Waals surface area contributed by atoms with Crippen LogP contribution in [0.15, 0.2) is 71.9 Å². The third kappa shape index (κ3) is 4.79. The lowest BCUT2D eigenvalue weighted by Crippen LogP contribution is -2.04. The third-order valence-corrected chi connectivity index (χ3v) is 4.44. The number of nitrogens with one attached hydrogen (secondary N) is 1. The van der Waals surface area contributed by atoms with E-state index in [1.165, 1.54) is 0 Å². The third-order valence-electron chi connectivity index (χ3n) is 3.42. The Morgan fingerprint density at radius 1 is 1.12 bits per heavy atom. The second-order valence-corrected chi connectivity index (χ2v) is 6.54. The number of ether oxygens (including phenoxy) is 1. The van der Waals surface area contributed by atoms with Crippen molar-refractivity contribution in [1.82, 2.24) is 4.98 Å². The van der Waals surface area contributed by atoms with Crippen LogP contribution in [0.5, 0.6) is 11.5 Å². The van der Waals surface area contributed by atoms with Crippen molar-refractivity contribution < 1.29 is 13.5 Å². The zero-order valence-corrected chi connectivity index (χ0v) is 14.6. The molecule has 0 bridgehead atoms. The SMILES string of the molecule is O=S(O)c1ccc(Oc2cccnc2)cc1CNc1ccc(Cl)cc1. The molecule has 0 aliphatic carbocycles. The van der Waals surface area contributed by atoms with Crippen LogP contribution in [0.2, 0.25) is 5.02 Å². The van der Waals surface area contributed by atoms with Crippen molar-refractivity contribution in [3.05, 3.63) is 77.6 Å². The lowest BCUT2D eigenvalue weighted by molar-refractivity contribution is 0.479. The van der Waals surface area contributed by atoms with Crippen LogP contribution < -0.4 is 10.1 Å². The maximum atomic E-state index is 11.6. The predicted octanol–water partition coefficient (Wildman–Crippen LogP) is 4.72. The minimum atomic E-state index is -2.09. The summed E-state index contributed by atoms with van der Waals surface area (Å²) in [5.74, 6) is 1.16. The summed E-state index contributed by atoms with van der Waals surface area (Å²) < 4.78 is 26.8. The number of benzene rings is 2. The molecule has 2 aromatic carbocycles. The molecule has 1 atom stereocenters. The van der Waals surface area contributed by atoms with Crippen LogP contribution in [0.4, 0.5) is 5.69 Å². The van der Waals surface area contributed by atoms with Crippen molar-refractivity contribution in [3.63, 3.8) is 0 Å². The van der Waals surface area contributed by atoms with Crippen LogP contribution >= 0.6 is 11.6 Å². The first-order valence-corrected chi connectivity index (χ1v) is 8.91. The summed E-state index contributed by atoms with van der Waals surface area (Å²) in [4.78, 5) is 4.33. The van der Waals surface area contributed by atoms with Crippen LogP contribution in [0, 0.1) is 0 Å². The van der Waals surface area contributed by atoms with Crippen LogP contribution in [0.1, 0.15) is 5.56 Å². The molecule has 0 saturated carbocycles. The Morgan fingerprint density at radius 2 is 1.92 bits per heavy atom. The quantitative estimate of drug-likeness (QED) is 0.611. The highest BCUT2D eigenvalue weighted by Gasteiger charge is 2.10. The van der Waals surface area contributed by atoms with E-state index in [1.807, 2.05) is 12.1 Å². The van der Waals surface area contributed by atoms with Gasteiger partial charge in [-0.05, 0) is 60.2 Å². The van der Waals surface area contributed by atoms with Crippen molar-refractivity contribution in [1.29, 1.82) is 0 Å². The molecular formula is C18H15ClN2O3S. The van der Waals surface area contributed by atoms with Gasteiger partial charge in [0.25, 0.3) is 0 Å². The van der Waals surface area contributed by atoms with E-state index in [1.54, 1.807) is 54.9 Å². The highest BCUT2D eigenvalue weighted by molar-refractivity contribution is 7.79. The molecule has 1 heterocycles. The Hall–Kier alpha value is -2.41. The normalized spacial score (nSPS) is 11.8. The van der Waals surface area contributed by atoms with E-state index >= 15 is 0 Å². The first-order valence-electron chi connectivity index (χ1n) is 7.43. The van der Waals surface area contributed by atoms with Crippen LogP contribution in [0.25, 0.3) is 0 Å². The van der Waals surface area contributed by atoms with Crippen LogP contribution in [-0.4, -0.2) is 13.7 Å². The van der Waals surface area contributed by atoms with Gasteiger partial charge < -0.3 is 14.6 Å². The molecule has 2 N–H and O–H groups in total. The molecule has 0 spiro atoms. The first-order chi connectivity index (χ1) is 12.1. The van der Waals surface area contributed by atoms with Gasteiger partial charge in [-0.25, -0.2) is 4.21 Å². The van der Waals surface area contributed by atoms with Gasteiger partial charge in [-0.15, -0.1) is 0 Å². The predicted molar refractivity (Wildman–Crippen MR) is 98.6 cm³/mol. The Labute approximate surface area is 152 Å². The summed E-state index contributed by atoms with van der Waals surface area (Å²) >= 11 is 3.78. The second-order valence-electron chi connectivity index (χ2n) is 5.17. The molecule has 0 aliphatic heterocycles. The topological polar surface area (TPSA) is 71.5 Å². The van der Waals surface area contributed by atoms with Crippen molar-refractivity contribution in [2.24, 2.45) is 0 Å². The number of hydrogen-bond donors (Lipinski definition) is 2. The number of halogens is 1. The molecule has 128 valence electrons. The second kappa shape index (κ2) is 8.11. The largest absolute Gasteiger partial charge is 0.456 e. The molecule has 7 heteroatoms. The minimum absolute atomic E-state index is 0.333. The highest BCUT2D eigenvalue weighted by atomic mass is 35.5. The van der Waals surface area contributed by atoms with Gasteiger partial charge >= 0.3 is 0 Å². The van der Waals surface area contributed by atoms with Crippen molar-refractivity contribution in [2.45, 2.75) is 11.4 Å². The molecule has 1 unspecified atom stereocenters. The fourth-order valence-electron chi connectivity index (χ4n) is 2.24. The summed E-state index contributed by atoms with van der Waals surface area (Å²) in [5, 5.41) is 3.85. The molecule has 3 rings (SSSR count). The number of nitrogens with zero attached hydrogens (tertiary/aromatic N) is 1. The molecule has 0 radical (unpaired) electrons. The lowest BCUT2D eigenvalue weighted by atomic mass is 10.2. The standard InChI is InChI=1S/C18H15ClN2O3S/c19-14-3-5-15(6-4-14)21-11-13-10-16(7-8-18(13)25(22)23)24-17-2-1-9-20-12-17/h1-10,12,21H,11H2,(H,22,23). The molecule has 3 aromatic rings. The molecule has 0 fully saturated rings.